The van der Waals surface area contributed by atoms with Gasteiger partial charge in [-0.3, -0.25) is 9.59 Å². The van der Waals surface area contributed by atoms with E-state index in [1.807, 2.05) is 30.3 Å². The lowest BCUT2D eigenvalue weighted by molar-refractivity contribution is -0.147. The van der Waals surface area contributed by atoms with Gasteiger partial charge in [0.2, 0.25) is 0 Å². The average Bonchev–Trinajstić information content (AvgIpc) is 2.66. The highest BCUT2D eigenvalue weighted by molar-refractivity contribution is 5.96. The molecule has 0 aliphatic rings. The topological polar surface area (TPSA) is 81.7 Å². The normalized spacial score (nSPS) is 10.1. The van der Waals surface area contributed by atoms with Crippen molar-refractivity contribution in [1.82, 2.24) is 0 Å². The highest BCUT2D eigenvalue weighted by Crippen LogP contribution is 2.17. The van der Waals surface area contributed by atoms with Crippen molar-refractivity contribution >= 4 is 23.5 Å². The van der Waals surface area contributed by atoms with Crippen LogP contribution in [0.4, 0.5) is 5.69 Å². The van der Waals surface area contributed by atoms with Crippen molar-refractivity contribution < 1.29 is 23.9 Å². The third-order valence-corrected chi connectivity index (χ3v) is 3.76. The highest BCUT2D eigenvalue weighted by Gasteiger charge is 2.12. The fraction of sp³-hybridized carbons (Fsp3) is 0.250. The van der Waals surface area contributed by atoms with Gasteiger partial charge in [0.05, 0.1) is 12.7 Å². The van der Waals surface area contributed by atoms with Crippen molar-refractivity contribution in [2.24, 2.45) is 0 Å². The van der Waals surface area contributed by atoms with Gasteiger partial charge >= 0.3 is 11.9 Å². The van der Waals surface area contributed by atoms with Crippen LogP contribution in [0.2, 0.25) is 0 Å². The Kier molecular flexibility index (Phi) is 6.91. The molecule has 0 spiro atoms. The van der Waals surface area contributed by atoms with Crippen LogP contribution in [0.3, 0.4) is 0 Å². The van der Waals surface area contributed by atoms with Crippen molar-refractivity contribution in [2.75, 3.05) is 19.0 Å². The summed E-state index contributed by atoms with van der Waals surface area (Å²) in [6.45, 7) is 1.41. The summed E-state index contributed by atoms with van der Waals surface area (Å²) in [7, 11) is 1.29. The Labute approximate surface area is 152 Å². The van der Waals surface area contributed by atoms with Gasteiger partial charge in [0, 0.05) is 12.1 Å². The number of hydrogen-bond acceptors (Lipinski definition) is 5. The van der Waals surface area contributed by atoms with Crippen LogP contribution in [-0.4, -0.2) is 31.6 Å². The van der Waals surface area contributed by atoms with Crippen molar-refractivity contribution in [1.29, 1.82) is 0 Å². The summed E-state index contributed by atoms with van der Waals surface area (Å²) < 4.78 is 9.65. The van der Waals surface area contributed by atoms with Gasteiger partial charge in [-0.1, -0.05) is 36.4 Å². The second-order valence-corrected chi connectivity index (χ2v) is 5.72. The molecule has 6 nitrogen and oxygen atoms in total. The number of nitrogens with one attached hydrogen (secondary N) is 1. The number of amides is 1. The summed E-state index contributed by atoms with van der Waals surface area (Å²) in [4.78, 5) is 35.3. The van der Waals surface area contributed by atoms with Crippen molar-refractivity contribution in [3.63, 3.8) is 0 Å². The molecule has 0 saturated carbocycles. The lowest BCUT2D eigenvalue weighted by Gasteiger charge is -2.10. The van der Waals surface area contributed by atoms with E-state index in [0.29, 0.717) is 17.7 Å². The molecule has 136 valence electrons. The molecule has 0 saturated heterocycles. The molecule has 0 radical (unpaired) electrons. The largest absolute Gasteiger partial charge is 0.465 e. The van der Waals surface area contributed by atoms with Crippen LogP contribution in [0, 0.1) is 6.92 Å². The van der Waals surface area contributed by atoms with Crippen LogP contribution in [0.25, 0.3) is 0 Å². The molecular weight excluding hydrogens is 334 g/mol. The molecule has 0 heterocycles. The zero-order valence-corrected chi connectivity index (χ0v) is 14.8. The third-order valence-electron chi connectivity index (χ3n) is 3.76. The molecule has 0 atom stereocenters. The van der Waals surface area contributed by atoms with Crippen molar-refractivity contribution in [2.45, 2.75) is 19.8 Å². The first-order chi connectivity index (χ1) is 12.5. The van der Waals surface area contributed by atoms with E-state index in [1.165, 1.54) is 13.2 Å². The average molecular weight is 355 g/mol. The molecule has 2 aromatic carbocycles. The number of methoxy groups -OCH3 is 1. The number of aryl methyl sites for hydroxylation is 2. The van der Waals surface area contributed by atoms with Gasteiger partial charge in [0.25, 0.3) is 5.91 Å². The molecule has 26 heavy (non-hydrogen) atoms. The minimum Gasteiger partial charge on any atom is -0.465 e. The fourth-order valence-electron chi connectivity index (χ4n) is 2.30. The Bertz CT molecular complexity index is 786. The van der Waals surface area contributed by atoms with Crippen LogP contribution in [0.1, 0.15) is 27.9 Å². The number of hydrogen-bond donors (Lipinski definition) is 1. The lowest BCUT2D eigenvalue weighted by atomic mass is 10.1. The van der Waals surface area contributed by atoms with Crippen LogP contribution >= 0.6 is 0 Å². The number of rotatable bonds is 7. The molecule has 0 bridgehead atoms. The van der Waals surface area contributed by atoms with Crippen LogP contribution in [0.5, 0.6) is 0 Å². The van der Waals surface area contributed by atoms with Crippen LogP contribution in [-0.2, 0) is 25.5 Å². The summed E-state index contributed by atoms with van der Waals surface area (Å²) in [5.74, 6) is -1.40. The summed E-state index contributed by atoms with van der Waals surface area (Å²) in [5, 5.41) is 2.63. The number of benzene rings is 2. The molecule has 0 unspecified atom stereocenters. The molecule has 6 heteroatoms. The van der Waals surface area contributed by atoms with Gasteiger partial charge in [-0.15, -0.1) is 0 Å². The maximum absolute atomic E-state index is 12.0. The van der Waals surface area contributed by atoms with E-state index in [-0.39, 0.29) is 13.0 Å². The second-order valence-electron chi connectivity index (χ2n) is 5.72. The van der Waals surface area contributed by atoms with Gasteiger partial charge in [0.15, 0.2) is 6.61 Å². The first-order valence-corrected chi connectivity index (χ1v) is 8.18. The predicted molar refractivity (Wildman–Crippen MR) is 96.9 cm³/mol. The highest BCUT2D eigenvalue weighted by atomic mass is 16.5. The number of ether oxygens (including phenoxy) is 2. The van der Waals surface area contributed by atoms with Gasteiger partial charge in [-0.05, 0) is 36.6 Å². The van der Waals surface area contributed by atoms with Gasteiger partial charge < -0.3 is 14.8 Å². The molecule has 2 aromatic rings. The van der Waals surface area contributed by atoms with Gasteiger partial charge in [-0.2, -0.15) is 0 Å². The molecule has 1 amide bonds. The SMILES string of the molecule is COC(=O)c1ccc(C)c(NC(=O)COC(=O)CCc2ccccc2)c1. The van der Waals surface area contributed by atoms with E-state index in [9.17, 15) is 14.4 Å². The Morgan fingerprint density at radius 2 is 1.77 bits per heavy atom. The molecule has 0 aliphatic heterocycles. The van der Waals surface area contributed by atoms with E-state index in [4.69, 9.17) is 4.74 Å². The van der Waals surface area contributed by atoms with Gasteiger partial charge in [0.1, 0.15) is 0 Å². The zero-order valence-electron chi connectivity index (χ0n) is 14.8. The fourth-order valence-corrected chi connectivity index (χ4v) is 2.30. The Hall–Kier alpha value is -3.15. The van der Waals surface area contributed by atoms with E-state index < -0.39 is 17.8 Å². The minimum absolute atomic E-state index is 0.203. The van der Waals surface area contributed by atoms with E-state index in [2.05, 4.69) is 10.1 Å². The zero-order chi connectivity index (χ0) is 18.9. The minimum atomic E-state index is -0.493. The maximum Gasteiger partial charge on any atom is 0.337 e. The quantitative estimate of drug-likeness (QED) is 0.772. The number of carbonyl (C=O) groups is 3. The summed E-state index contributed by atoms with van der Waals surface area (Å²) >= 11 is 0. The first kappa shape index (κ1) is 19.2. The second kappa shape index (κ2) is 9.36. The summed E-state index contributed by atoms with van der Waals surface area (Å²) in [6.07, 6.45) is 0.760. The maximum atomic E-state index is 12.0. The van der Waals surface area contributed by atoms with Crippen LogP contribution in [0.15, 0.2) is 48.5 Å². The van der Waals surface area contributed by atoms with Crippen molar-refractivity contribution in [3.8, 4) is 0 Å². The smallest absolute Gasteiger partial charge is 0.337 e. The molecule has 2 rings (SSSR count). The van der Waals surface area contributed by atoms with Crippen molar-refractivity contribution in [3.05, 3.63) is 65.2 Å². The summed E-state index contributed by atoms with van der Waals surface area (Å²) in [5.41, 5.74) is 2.61. The summed E-state index contributed by atoms with van der Waals surface area (Å²) in [6, 6.07) is 14.4. The Balaban J connectivity index is 1.83. The Morgan fingerprint density at radius 3 is 2.46 bits per heavy atom. The van der Waals surface area contributed by atoms with E-state index >= 15 is 0 Å². The number of esters is 2. The molecular formula is C20H21NO5. The molecule has 0 aliphatic carbocycles. The van der Waals surface area contributed by atoms with Gasteiger partial charge in [-0.25, -0.2) is 4.79 Å². The van der Waals surface area contributed by atoms with E-state index in [1.54, 1.807) is 19.1 Å². The molecule has 0 aromatic heterocycles. The molecule has 0 fully saturated rings. The standard InChI is InChI=1S/C20H21NO5/c1-14-8-10-16(20(24)25-2)12-17(14)21-18(22)13-26-19(23)11-9-15-6-4-3-5-7-15/h3-8,10,12H,9,11,13H2,1-2H3,(H,21,22). The predicted octanol–water partition coefficient (Wildman–Crippen LogP) is 2.90. The monoisotopic (exact) mass is 355 g/mol. The first-order valence-electron chi connectivity index (χ1n) is 8.18. The lowest BCUT2D eigenvalue weighted by Crippen LogP contribution is -2.21. The Morgan fingerprint density at radius 1 is 1.04 bits per heavy atom. The number of anilines is 1. The molecule has 1 N–H and O–H groups in total. The van der Waals surface area contributed by atoms with E-state index in [0.717, 1.165) is 11.1 Å². The third kappa shape index (κ3) is 5.73. The van der Waals surface area contributed by atoms with Crippen LogP contribution < -0.4 is 5.32 Å². The number of carbonyl (C=O) groups excluding carboxylic acids is 3.